The van der Waals surface area contributed by atoms with Gasteiger partial charge in [-0.05, 0) is 18.2 Å². The lowest BCUT2D eigenvalue weighted by molar-refractivity contribution is -0.128. The van der Waals surface area contributed by atoms with Gasteiger partial charge in [0.2, 0.25) is 0 Å². The number of ether oxygens (including phenoxy) is 2. The van der Waals surface area contributed by atoms with Gasteiger partial charge in [0, 0.05) is 20.1 Å². The molecule has 1 heterocycles. The van der Waals surface area contributed by atoms with E-state index in [1.165, 1.54) is 14.2 Å². The second kappa shape index (κ2) is 7.05. The SMILES string of the molecule is CNC(=O)c1cc(OC)ccc1NC(=O)C1CNCCO1. The van der Waals surface area contributed by atoms with Crippen LogP contribution in [0.15, 0.2) is 18.2 Å². The molecule has 2 amide bonds. The molecule has 1 atom stereocenters. The zero-order valence-electron chi connectivity index (χ0n) is 12.1. The van der Waals surface area contributed by atoms with E-state index >= 15 is 0 Å². The fraction of sp³-hybridized carbons (Fsp3) is 0.429. The third kappa shape index (κ3) is 3.71. The molecule has 114 valence electrons. The van der Waals surface area contributed by atoms with Crippen LogP contribution >= 0.6 is 0 Å². The summed E-state index contributed by atoms with van der Waals surface area (Å²) in [5.41, 5.74) is 0.767. The number of carbonyl (C=O) groups excluding carboxylic acids is 2. The molecule has 7 heteroatoms. The molecular weight excluding hydrogens is 274 g/mol. The first-order valence-electron chi connectivity index (χ1n) is 6.69. The Bertz CT molecular complexity index is 527. The maximum absolute atomic E-state index is 12.1. The van der Waals surface area contributed by atoms with Crippen LogP contribution in [0.2, 0.25) is 0 Å². The van der Waals surface area contributed by atoms with Crippen LogP contribution in [-0.2, 0) is 9.53 Å². The third-order valence-electron chi connectivity index (χ3n) is 3.18. The summed E-state index contributed by atoms with van der Waals surface area (Å²) in [5.74, 6) is -0.0356. The van der Waals surface area contributed by atoms with Crippen molar-refractivity contribution in [1.29, 1.82) is 0 Å². The van der Waals surface area contributed by atoms with Crippen molar-refractivity contribution in [3.63, 3.8) is 0 Å². The largest absolute Gasteiger partial charge is 0.497 e. The first kappa shape index (κ1) is 15.3. The lowest BCUT2D eigenvalue weighted by Gasteiger charge is -2.23. The fourth-order valence-electron chi connectivity index (χ4n) is 2.03. The monoisotopic (exact) mass is 293 g/mol. The van der Waals surface area contributed by atoms with Gasteiger partial charge in [-0.3, -0.25) is 9.59 Å². The van der Waals surface area contributed by atoms with Crippen LogP contribution in [0.5, 0.6) is 5.75 Å². The van der Waals surface area contributed by atoms with E-state index in [0.717, 1.165) is 6.54 Å². The highest BCUT2D eigenvalue weighted by molar-refractivity contribution is 6.04. The predicted octanol–water partition coefficient (Wildman–Crippen LogP) is -0.0183. The second-order valence-electron chi connectivity index (χ2n) is 4.54. The quantitative estimate of drug-likeness (QED) is 0.726. The van der Waals surface area contributed by atoms with E-state index in [2.05, 4.69) is 16.0 Å². The Balaban J connectivity index is 2.18. The zero-order chi connectivity index (χ0) is 15.2. The van der Waals surface area contributed by atoms with Crippen LogP contribution in [-0.4, -0.2) is 51.8 Å². The highest BCUT2D eigenvalue weighted by Crippen LogP contribution is 2.22. The van der Waals surface area contributed by atoms with Gasteiger partial charge in [0.1, 0.15) is 11.9 Å². The number of hydrogen-bond acceptors (Lipinski definition) is 5. The molecule has 0 aliphatic carbocycles. The van der Waals surface area contributed by atoms with E-state index < -0.39 is 6.10 Å². The van der Waals surface area contributed by atoms with Crippen molar-refractivity contribution in [2.24, 2.45) is 0 Å². The lowest BCUT2D eigenvalue weighted by atomic mass is 10.1. The minimum atomic E-state index is -0.557. The van der Waals surface area contributed by atoms with Gasteiger partial charge in [0.05, 0.1) is 25.0 Å². The van der Waals surface area contributed by atoms with Crippen LogP contribution < -0.4 is 20.7 Å². The molecule has 0 spiro atoms. The Morgan fingerprint density at radius 2 is 2.24 bits per heavy atom. The summed E-state index contributed by atoms with van der Waals surface area (Å²) in [6.07, 6.45) is -0.557. The van der Waals surface area contributed by atoms with Crippen molar-refractivity contribution in [3.05, 3.63) is 23.8 Å². The molecule has 0 radical (unpaired) electrons. The van der Waals surface area contributed by atoms with Crippen molar-refractivity contribution in [2.45, 2.75) is 6.10 Å². The number of rotatable bonds is 4. The number of benzene rings is 1. The topological polar surface area (TPSA) is 88.7 Å². The number of nitrogens with one attached hydrogen (secondary N) is 3. The van der Waals surface area contributed by atoms with Crippen LogP contribution in [0.25, 0.3) is 0 Å². The van der Waals surface area contributed by atoms with Gasteiger partial charge in [-0.15, -0.1) is 0 Å². The molecule has 21 heavy (non-hydrogen) atoms. The van der Waals surface area contributed by atoms with E-state index in [1.54, 1.807) is 18.2 Å². The Labute approximate surface area is 123 Å². The molecule has 0 saturated carbocycles. The molecule has 1 aliphatic rings. The first-order chi connectivity index (χ1) is 10.2. The van der Waals surface area contributed by atoms with Crippen molar-refractivity contribution in [2.75, 3.05) is 39.2 Å². The molecule has 1 saturated heterocycles. The van der Waals surface area contributed by atoms with Gasteiger partial charge in [-0.25, -0.2) is 0 Å². The average molecular weight is 293 g/mol. The molecular formula is C14H19N3O4. The molecule has 2 rings (SSSR count). The van der Waals surface area contributed by atoms with Crippen molar-refractivity contribution >= 4 is 17.5 Å². The van der Waals surface area contributed by atoms with E-state index in [4.69, 9.17) is 9.47 Å². The van der Waals surface area contributed by atoms with E-state index in [1.807, 2.05) is 0 Å². The van der Waals surface area contributed by atoms with Gasteiger partial charge in [0.15, 0.2) is 0 Å². The molecule has 1 aliphatic heterocycles. The molecule has 1 fully saturated rings. The summed E-state index contributed by atoms with van der Waals surface area (Å²) in [4.78, 5) is 24.0. The number of methoxy groups -OCH3 is 1. The van der Waals surface area contributed by atoms with Gasteiger partial charge in [0.25, 0.3) is 11.8 Å². The summed E-state index contributed by atoms with van der Waals surface area (Å²) in [6.45, 7) is 1.68. The summed E-state index contributed by atoms with van der Waals surface area (Å²) < 4.78 is 10.5. The second-order valence-corrected chi connectivity index (χ2v) is 4.54. The van der Waals surface area contributed by atoms with Gasteiger partial charge in [-0.2, -0.15) is 0 Å². The number of anilines is 1. The van der Waals surface area contributed by atoms with E-state index in [9.17, 15) is 9.59 Å². The molecule has 0 aromatic heterocycles. The maximum Gasteiger partial charge on any atom is 0.254 e. The number of hydrogen-bond donors (Lipinski definition) is 3. The zero-order valence-corrected chi connectivity index (χ0v) is 12.1. The number of carbonyl (C=O) groups is 2. The Morgan fingerprint density at radius 3 is 2.86 bits per heavy atom. The Kier molecular flexibility index (Phi) is 5.13. The van der Waals surface area contributed by atoms with E-state index in [0.29, 0.717) is 30.2 Å². The minimum Gasteiger partial charge on any atom is -0.497 e. The number of morpholine rings is 1. The van der Waals surface area contributed by atoms with Gasteiger partial charge < -0.3 is 25.4 Å². The molecule has 7 nitrogen and oxygen atoms in total. The summed E-state index contributed by atoms with van der Waals surface area (Å²) in [7, 11) is 3.05. The number of amides is 2. The minimum absolute atomic E-state index is 0.280. The molecule has 3 N–H and O–H groups in total. The predicted molar refractivity (Wildman–Crippen MR) is 77.6 cm³/mol. The molecule has 1 aromatic carbocycles. The molecule has 1 unspecified atom stereocenters. The van der Waals surface area contributed by atoms with Crippen LogP contribution in [0.3, 0.4) is 0 Å². The smallest absolute Gasteiger partial charge is 0.254 e. The summed E-state index contributed by atoms with van der Waals surface area (Å²) >= 11 is 0. The maximum atomic E-state index is 12.1. The normalized spacial score (nSPS) is 17.9. The van der Waals surface area contributed by atoms with Crippen molar-refractivity contribution in [3.8, 4) is 5.75 Å². The van der Waals surface area contributed by atoms with Crippen molar-refractivity contribution < 1.29 is 19.1 Å². The summed E-state index contributed by atoms with van der Waals surface area (Å²) in [5, 5.41) is 8.35. The van der Waals surface area contributed by atoms with Crippen molar-refractivity contribution in [1.82, 2.24) is 10.6 Å². The Morgan fingerprint density at radius 1 is 1.43 bits per heavy atom. The third-order valence-corrected chi connectivity index (χ3v) is 3.18. The van der Waals surface area contributed by atoms with Crippen LogP contribution in [0.4, 0.5) is 5.69 Å². The summed E-state index contributed by atoms with van der Waals surface area (Å²) in [6, 6.07) is 4.90. The highest BCUT2D eigenvalue weighted by Gasteiger charge is 2.23. The van der Waals surface area contributed by atoms with Crippen LogP contribution in [0, 0.1) is 0 Å². The highest BCUT2D eigenvalue weighted by atomic mass is 16.5. The Hall–Kier alpha value is -2.12. The van der Waals surface area contributed by atoms with E-state index in [-0.39, 0.29) is 11.8 Å². The van der Waals surface area contributed by atoms with Gasteiger partial charge in [-0.1, -0.05) is 0 Å². The lowest BCUT2D eigenvalue weighted by Crippen LogP contribution is -2.45. The molecule has 1 aromatic rings. The average Bonchev–Trinajstić information content (AvgIpc) is 2.55. The molecule has 0 bridgehead atoms. The fourth-order valence-corrected chi connectivity index (χ4v) is 2.03. The first-order valence-corrected chi connectivity index (χ1v) is 6.69. The van der Waals surface area contributed by atoms with Crippen LogP contribution in [0.1, 0.15) is 10.4 Å². The standard InChI is InChI=1S/C14H19N3O4/c1-15-13(18)10-7-9(20-2)3-4-11(10)17-14(19)12-8-16-5-6-21-12/h3-4,7,12,16H,5-6,8H2,1-2H3,(H,15,18)(H,17,19). The van der Waals surface area contributed by atoms with Gasteiger partial charge >= 0.3 is 0 Å².